The summed E-state index contributed by atoms with van der Waals surface area (Å²) in [6.45, 7) is 0. The van der Waals surface area contributed by atoms with Gasteiger partial charge in [-0.1, -0.05) is 12.1 Å². The van der Waals surface area contributed by atoms with E-state index in [9.17, 15) is 9.90 Å². The number of hydrogen-bond acceptors (Lipinski definition) is 3. The Morgan fingerprint density at radius 1 is 1.14 bits per heavy atom. The molecular formula is C14H9Br2N3O2. The van der Waals surface area contributed by atoms with Crippen LogP contribution in [-0.4, -0.2) is 20.5 Å². The highest BCUT2D eigenvalue weighted by Gasteiger charge is 2.19. The molecule has 0 aliphatic heterocycles. The summed E-state index contributed by atoms with van der Waals surface area (Å²) in [5.41, 5.74) is 1.39. The number of halogens is 2. The lowest BCUT2D eigenvalue weighted by atomic mass is 10.3. The minimum atomic E-state index is -1.04. The molecule has 5 nitrogen and oxygen atoms in total. The molecular weight excluding hydrogens is 402 g/mol. The predicted octanol–water partition coefficient (Wildman–Crippen LogP) is 4.30. The number of nitrogens with one attached hydrogen (secondary N) is 1. The molecule has 1 aromatic carbocycles. The summed E-state index contributed by atoms with van der Waals surface area (Å²) in [4.78, 5) is 15.9. The van der Waals surface area contributed by atoms with E-state index < -0.39 is 5.97 Å². The van der Waals surface area contributed by atoms with Crippen molar-refractivity contribution in [2.45, 2.75) is 0 Å². The van der Waals surface area contributed by atoms with Crippen LogP contribution in [0.25, 0.3) is 5.65 Å². The molecule has 0 amide bonds. The van der Waals surface area contributed by atoms with E-state index in [-0.39, 0.29) is 5.69 Å². The Hall–Kier alpha value is -1.86. The van der Waals surface area contributed by atoms with Crippen molar-refractivity contribution >= 4 is 55.0 Å². The molecule has 3 aromatic rings. The molecule has 0 saturated heterocycles. The first-order valence-corrected chi connectivity index (χ1v) is 7.58. The largest absolute Gasteiger partial charge is 0.476 e. The quantitative estimate of drug-likeness (QED) is 0.675. The molecule has 0 aliphatic carbocycles. The maximum atomic E-state index is 11.5. The Bertz CT molecular complexity index is 825. The summed E-state index contributed by atoms with van der Waals surface area (Å²) in [6.07, 6.45) is 1.67. The van der Waals surface area contributed by atoms with Gasteiger partial charge in [-0.3, -0.25) is 4.40 Å². The smallest absolute Gasteiger partial charge is 0.356 e. The van der Waals surface area contributed by atoms with Crippen LogP contribution in [0.1, 0.15) is 10.5 Å². The second kappa shape index (κ2) is 5.50. The molecule has 2 aromatic heterocycles. The monoisotopic (exact) mass is 409 g/mol. The van der Waals surface area contributed by atoms with Crippen LogP contribution in [0.5, 0.6) is 0 Å². The van der Waals surface area contributed by atoms with Crippen molar-refractivity contribution in [3.05, 3.63) is 57.2 Å². The van der Waals surface area contributed by atoms with Gasteiger partial charge in [0.2, 0.25) is 0 Å². The highest BCUT2D eigenvalue weighted by Crippen LogP contribution is 2.34. The van der Waals surface area contributed by atoms with E-state index in [1.807, 2.05) is 24.3 Å². The third-order valence-electron chi connectivity index (χ3n) is 2.94. The zero-order valence-corrected chi connectivity index (χ0v) is 13.7. The molecule has 0 saturated carbocycles. The Labute approximate surface area is 136 Å². The fourth-order valence-corrected chi connectivity index (χ4v) is 3.22. The summed E-state index contributed by atoms with van der Waals surface area (Å²) in [5, 5.41) is 12.5. The van der Waals surface area contributed by atoms with Crippen molar-refractivity contribution < 1.29 is 9.90 Å². The van der Waals surface area contributed by atoms with Gasteiger partial charge in [-0.2, -0.15) is 0 Å². The summed E-state index contributed by atoms with van der Waals surface area (Å²) in [5.74, 6) is -0.749. The number of aromatic carboxylic acids is 1. The van der Waals surface area contributed by atoms with E-state index in [4.69, 9.17) is 0 Å². The number of carboxylic acid groups (broad SMARTS) is 1. The van der Waals surface area contributed by atoms with E-state index in [2.05, 4.69) is 42.2 Å². The second-order valence-electron chi connectivity index (χ2n) is 4.26. The molecule has 106 valence electrons. The minimum absolute atomic E-state index is 0.0910. The maximum absolute atomic E-state index is 11.5. The van der Waals surface area contributed by atoms with Gasteiger partial charge >= 0.3 is 5.97 Å². The van der Waals surface area contributed by atoms with Gasteiger partial charge in [0.25, 0.3) is 0 Å². The van der Waals surface area contributed by atoms with E-state index in [1.165, 1.54) is 4.40 Å². The lowest BCUT2D eigenvalue weighted by Crippen LogP contribution is -2.05. The first-order chi connectivity index (χ1) is 10.1. The van der Waals surface area contributed by atoms with E-state index >= 15 is 0 Å². The number of nitrogens with zero attached hydrogens (tertiary/aromatic N) is 2. The van der Waals surface area contributed by atoms with Crippen molar-refractivity contribution in [2.75, 3.05) is 5.32 Å². The van der Waals surface area contributed by atoms with Crippen molar-refractivity contribution in [2.24, 2.45) is 0 Å². The van der Waals surface area contributed by atoms with E-state index in [0.29, 0.717) is 11.5 Å². The molecule has 0 unspecified atom stereocenters. The molecule has 2 heterocycles. The Balaban J connectivity index is 2.17. The highest BCUT2D eigenvalue weighted by molar-refractivity contribution is 9.11. The van der Waals surface area contributed by atoms with Crippen LogP contribution >= 0.6 is 31.9 Å². The summed E-state index contributed by atoms with van der Waals surface area (Å²) >= 11 is 6.87. The number of carbonyl (C=O) groups is 1. The number of hydrogen-bond donors (Lipinski definition) is 2. The number of carboxylic acids is 1. The van der Waals surface area contributed by atoms with Crippen LogP contribution < -0.4 is 5.32 Å². The Morgan fingerprint density at radius 2 is 1.86 bits per heavy atom. The van der Waals surface area contributed by atoms with Crippen molar-refractivity contribution in [1.82, 2.24) is 9.38 Å². The predicted molar refractivity (Wildman–Crippen MR) is 87.3 cm³/mol. The average molecular weight is 411 g/mol. The number of para-hydroxylation sites is 1. The fourth-order valence-electron chi connectivity index (χ4n) is 2.02. The van der Waals surface area contributed by atoms with Crippen LogP contribution in [0.15, 0.2) is 51.5 Å². The van der Waals surface area contributed by atoms with Gasteiger partial charge in [-0.25, -0.2) is 9.78 Å². The molecule has 0 bridgehead atoms. The van der Waals surface area contributed by atoms with Crippen molar-refractivity contribution in [3.63, 3.8) is 0 Å². The molecule has 0 radical (unpaired) electrons. The topological polar surface area (TPSA) is 66.6 Å². The molecule has 0 fully saturated rings. The van der Waals surface area contributed by atoms with E-state index in [0.717, 1.165) is 14.6 Å². The van der Waals surface area contributed by atoms with Gasteiger partial charge in [0.05, 0.1) is 5.69 Å². The van der Waals surface area contributed by atoms with Gasteiger partial charge < -0.3 is 10.4 Å². The fraction of sp³-hybridized carbons (Fsp3) is 0. The first kappa shape index (κ1) is 14.1. The standard InChI is InChI=1S/C14H9Br2N3O2/c15-8-4-3-5-9(16)11(8)18-13-12(14(20)21)19-7-2-1-6-10(19)17-13/h1-7,18H,(H,20,21). The van der Waals surface area contributed by atoms with Crippen LogP contribution in [0.4, 0.5) is 11.5 Å². The second-order valence-corrected chi connectivity index (χ2v) is 5.97. The Morgan fingerprint density at radius 3 is 2.52 bits per heavy atom. The zero-order chi connectivity index (χ0) is 15.0. The van der Waals surface area contributed by atoms with E-state index in [1.54, 1.807) is 18.3 Å². The van der Waals surface area contributed by atoms with Crippen LogP contribution in [0.2, 0.25) is 0 Å². The van der Waals surface area contributed by atoms with Gasteiger partial charge in [-0.15, -0.1) is 0 Å². The molecule has 7 heteroatoms. The third-order valence-corrected chi connectivity index (χ3v) is 4.26. The normalized spacial score (nSPS) is 10.8. The van der Waals surface area contributed by atoms with Crippen molar-refractivity contribution in [3.8, 4) is 0 Å². The number of benzene rings is 1. The molecule has 2 N–H and O–H groups in total. The van der Waals surface area contributed by atoms with Crippen LogP contribution in [0, 0.1) is 0 Å². The summed E-state index contributed by atoms with van der Waals surface area (Å²) < 4.78 is 3.16. The number of pyridine rings is 1. The lowest BCUT2D eigenvalue weighted by Gasteiger charge is -2.09. The molecule has 0 aliphatic rings. The highest BCUT2D eigenvalue weighted by atomic mass is 79.9. The SMILES string of the molecule is O=C(O)c1c(Nc2c(Br)cccc2Br)nc2ccccn12. The lowest BCUT2D eigenvalue weighted by molar-refractivity contribution is 0.0690. The van der Waals surface area contributed by atoms with Crippen molar-refractivity contribution in [1.29, 1.82) is 0 Å². The molecule has 21 heavy (non-hydrogen) atoms. The van der Waals surface area contributed by atoms with Crippen LogP contribution in [-0.2, 0) is 0 Å². The average Bonchev–Trinajstić information content (AvgIpc) is 2.81. The first-order valence-electron chi connectivity index (χ1n) is 5.99. The Kier molecular flexibility index (Phi) is 3.69. The number of rotatable bonds is 3. The zero-order valence-electron chi connectivity index (χ0n) is 10.5. The summed E-state index contributed by atoms with van der Waals surface area (Å²) in [7, 11) is 0. The third kappa shape index (κ3) is 2.54. The molecule has 0 spiro atoms. The molecule has 3 rings (SSSR count). The van der Waals surface area contributed by atoms with Crippen LogP contribution in [0.3, 0.4) is 0 Å². The number of imidazole rings is 1. The van der Waals surface area contributed by atoms with Gasteiger partial charge in [0.15, 0.2) is 11.5 Å². The number of fused-ring (bicyclic) bond motifs is 1. The van der Waals surface area contributed by atoms with Gasteiger partial charge in [-0.05, 0) is 56.1 Å². The number of anilines is 2. The van der Waals surface area contributed by atoms with Gasteiger partial charge in [0.1, 0.15) is 5.65 Å². The number of aromatic nitrogens is 2. The summed E-state index contributed by atoms with van der Waals surface area (Å²) in [6, 6.07) is 10.9. The molecule has 0 atom stereocenters. The minimum Gasteiger partial charge on any atom is -0.476 e. The van der Waals surface area contributed by atoms with Gasteiger partial charge in [0, 0.05) is 15.1 Å². The maximum Gasteiger partial charge on any atom is 0.356 e.